The van der Waals surface area contributed by atoms with Crippen molar-refractivity contribution in [3.8, 4) is 0 Å². The Morgan fingerprint density at radius 1 is 0.571 bits per heavy atom. The Morgan fingerprint density at radius 3 is 1.29 bits per heavy atom. The first-order valence-electron chi connectivity index (χ1n) is 19.4. The van der Waals surface area contributed by atoms with Crippen molar-refractivity contribution in [3.05, 3.63) is 41.8 Å². The van der Waals surface area contributed by atoms with Gasteiger partial charge in [-0.15, -0.1) is 0 Å². The number of nitrogens with zero attached hydrogens (tertiary/aromatic N) is 17. The van der Waals surface area contributed by atoms with E-state index in [1.807, 2.05) is 0 Å². The highest BCUT2D eigenvalue weighted by Crippen LogP contribution is 2.50. The molecule has 0 aliphatic rings. The van der Waals surface area contributed by atoms with Crippen LogP contribution in [0.2, 0.25) is 0 Å². The summed E-state index contributed by atoms with van der Waals surface area (Å²) in [6.07, 6.45) is -32.5. The number of hydrogen-bond donors (Lipinski definition) is 2. The van der Waals surface area contributed by atoms with Gasteiger partial charge in [0.15, 0.2) is 0 Å². The number of aromatic nitrogens is 3. The van der Waals surface area contributed by atoms with Crippen molar-refractivity contribution >= 4 is 23.8 Å². The molecule has 1 rings (SSSR count). The zero-order valence-corrected chi connectivity index (χ0v) is 35.8. The topological polar surface area (TPSA) is 337 Å². The fourth-order valence-corrected chi connectivity index (χ4v) is 4.60. The number of alkyl halides is 14. The lowest BCUT2D eigenvalue weighted by Crippen LogP contribution is -2.63. The van der Waals surface area contributed by atoms with Crippen LogP contribution in [0.5, 0.6) is 0 Å². The second-order valence-corrected chi connectivity index (χ2v) is 12.9. The summed E-state index contributed by atoms with van der Waals surface area (Å²) in [6, 6.07) is 0. The first-order valence-corrected chi connectivity index (χ1v) is 19.4. The predicted molar refractivity (Wildman–Crippen MR) is 208 cm³/mol. The fourth-order valence-electron chi connectivity index (χ4n) is 4.60. The number of carbonyl (C=O) groups excluding carboxylic acids is 1. The quantitative estimate of drug-likeness (QED) is 0.0243. The van der Waals surface area contributed by atoms with E-state index in [2.05, 4.69) is 69.8 Å². The molecule has 1 heterocycles. The number of ether oxygens (including phenoxy) is 6. The van der Waals surface area contributed by atoms with Crippen LogP contribution in [0, 0.1) is 0 Å². The van der Waals surface area contributed by atoms with E-state index in [-0.39, 0.29) is 117 Å². The first kappa shape index (κ1) is 61.9. The third kappa shape index (κ3) is 22.1. The van der Waals surface area contributed by atoms with Crippen molar-refractivity contribution in [2.45, 2.75) is 42.5 Å². The molecule has 1 aromatic heterocycles. The number of amides is 1. The maximum atomic E-state index is 14.7. The van der Waals surface area contributed by atoms with Gasteiger partial charge in [-0.25, -0.2) is 0 Å². The van der Waals surface area contributed by atoms with E-state index < -0.39 is 74.1 Å². The Bertz CT molecular complexity index is 1800. The molecule has 2 atom stereocenters. The first-order chi connectivity index (χ1) is 32.8. The van der Waals surface area contributed by atoms with E-state index >= 15 is 0 Å². The van der Waals surface area contributed by atoms with Crippen LogP contribution in [-0.2, 0) is 33.2 Å². The maximum absolute atomic E-state index is 14.7. The lowest BCUT2D eigenvalue weighted by Gasteiger charge is -2.36. The molecule has 2 N–H and O–H groups in total. The van der Waals surface area contributed by atoms with Gasteiger partial charge in [0, 0.05) is 85.1 Å². The molecule has 0 fully saturated rings. The number of anilines is 3. The molecular formula is C30H41F14N19O7. The van der Waals surface area contributed by atoms with Crippen LogP contribution in [0.4, 0.5) is 79.3 Å². The van der Waals surface area contributed by atoms with Crippen molar-refractivity contribution in [2.75, 3.05) is 140 Å². The van der Waals surface area contributed by atoms with Crippen molar-refractivity contribution < 1.29 is 94.7 Å². The number of azide groups is 4. The summed E-state index contributed by atoms with van der Waals surface area (Å²) >= 11 is 0. The molecule has 0 radical (unpaired) electrons. The van der Waals surface area contributed by atoms with Crippen molar-refractivity contribution in [2.24, 2.45) is 20.5 Å². The van der Waals surface area contributed by atoms with Crippen molar-refractivity contribution in [1.29, 1.82) is 0 Å². The zero-order chi connectivity index (χ0) is 52.9. The SMILES string of the molecule is [N-]=[N+]=NCCOCCN(CCOCCN=[N+]=[N-])c1nc(NCCNC(=O)C(OC(F)(F)C(F)(OCC(F)(F)C(F)(F)F)C(F)(F)F)C(F)(F)F)nc(N(CCOCCN=[N+]=[N-])CCOCCN=[N+]=[N-])n1. The molecule has 70 heavy (non-hydrogen) atoms. The summed E-state index contributed by atoms with van der Waals surface area (Å²) in [5.74, 6) is -17.2. The summed E-state index contributed by atoms with van der Waals surface area (Å²) < 4.78 is 216. The van der Waals surface area contributed by atoms with Gasteiger partial charge >= 0.3 is 36.4 Å². The fraction of sp³-hybridized carbons (Fsp3) is 0.867. The van der Waals surface area contributed by atoms with Gasteiger partial charge < -0.3 is 44.1 Å². The zero-order valence-electron chi connectivity index (χ0n) is 35.8. The Labute approximate surface area is 383 Å². The third-order valence-electron chi connectivity index (χ3n) is 7.91. The van der Waals surface area contributed by atoms with E-state index in [1.54, 1.807) is 0 Å². The molecule has 0 aromatic carbocycles. The largest absolute Gasteiger partial charge is 0.457 e. The van der Waals surface area contributed by atoms with Crippen LogP contribution in [0.25, 0.3) is 41.8 Å². The van der Waals surface area contributed by atoms with Gasteiger partial charge in [0.05, 0.1) is 52.9 Å². The van der Waals surface area contributed by atoms with Crippen molar-refractivity contribution in [1.82, 2.24) is 20.3 Å². The summed E-state index contributed by atoms with van der Waals surface area (Å²) in [5.41, 5.74) is 34.1. The van der Waals surface area contributed by atoms with Crippen LogP contribution in [0.3, 0.4) is 0 Å². The maximum Gasteiger partial charge on any atom is 0.457 e. The molecule has 0 bridgehead atoms. The molecule has 0 aliphatic carbocycles. The van der Waals surface area contributed by atoms with Gasteiger partial charge in [0.25, 0.3) is 5.91 Å². The smallest absolute Gasteiger partial charge is 0.379 e. The minimum atomic E-state index is -7.36. The molecule has 0 saturated heterocycles. The molecule has 396 valence electrons. The molecular weight excluding hydrogens is 1000 g/mol. The highest BCUT2D eigenvalue weighted by atomic mass is 19.4. The van der Waals surface area contributed by atoms with Gasteiger partial charge in [-0.3, -0.25) is 9.53 Å². The molecule has 2 unspecified atom stereocenters. The predicted octanol–water partition coefficient (Wildman–Crippen LogP) is 6.30. The van der Waals surface area contributed by atoms with Crippen LogP contribution >= 0.6 is 0 Å². The summed E-state index contributed by atoms with van der Waals surface area (Å²) in [6.45, 7) is -6.66. The molecule has 26 nitrogen and oxygen atoms in total. The molecule has 0 saturated carbocycles. The van der Waals surface area contributed by atoms with E-state index in [0.29, 0.717) is 0 Å². The lowest BCUT2D eigenvalue weighted by atomic mass is 10.2. The number of carbonyl (C=O) groups is 1. The van der Waals surface area contributed by atoms with E-state index in [4.69, 9.17) is 41.1 Å². The Kier molecular flexibility index (Phi) is 27.0. The number of nitrogens with one attached hydrogen (secondary N) is 2. The third-order valence-corrected chi connectivity index (χ3v) is 7.91. The summed E-state index contributed by atoms with van der Waals surface area (Å²) in [7, 11) is 0. The minimum Gasteiger partial charge on any atom is -0.379 e. The van der Waals surface area contributed by atoms with Crippen molar-refractivity contribution in [3.63, 3.8) is 0 Å². The molecule has 0 aliphatic heterocycles. The van der Waals surface area contributed by atoms with E-state index in [9.17, 15) is 66.3 Å². The highest BCUT2D eigenvalue weighted by molar-refractivity contribution is 5.81. The standard InChI is InChI=1S/C30H41F14N19O7/c31-25(32,28(37,38)39)19-69-27(36,29(40,41)42)30(43,44)70-20(26(33,34)35)21(64)49-1-2-50-22-55-23(62(7-15-65-11-3-51-58-45)8-16-66-12-4-52-59-46)57-24(56-22)63(9-17-67-13-5-53-60-47)10-18-68-14-6-54-61-48/h20H,1-19H2,(H,49,64)(H,50,55,56,57). The second kappa shape index (κ2) is 30.5. The summed E-state index contributed by atoms with van der Waals surface area (Å²) in [5, 5.41) is 17.1. The Balaban J connectivity index is 3.59. The molecule has 0 spiro atoms. The lowest BCUT2D eigenvalue weighted by molar-refractivity contribution is -0.478. The summed E-state index contributed by atoms with van der Waals surface area (Å²) in [4.78, 5) is 38.7. The van der Waals surface area contributed by atoms with Gasteiger partial charge in [0.2, 0.25) is 23.9 Å². The van der Waals surface area contributed by atoms with Crippen LogP contribution in [0.1, 0.15) is 0 Å². The number of hydrogen-bond acceptors (Lipinski definition) is 17. The van der Waals surface area contributed by atoms with Crippen LogP contribution in [0.15, 0.2) is 20.5 Å². The second-order valence-electron chi connectivity index (χ2n) is 12.9. The van der Waals surface area contributed by atoms with E-state index in [1.165, 1.54) is 15.1 Å². The average molecular weight is 1050 g/mol. The van der Waals surface area contributed by atoms with E-state index in [0.717, 1.165) is 0 Å². The number of rotatable bonds is 37. The van der Waals surface area contributed by atoms with Crippen LogP contribution in [-0.4, -0.2) is 188 Å². The van der Waals surface area contributed by atoms with Gasteiger partial charge in [0.1, 0.15) is 6.61 Å². The Morgan fingerprint density at radius 2 is 0.957 bits per heavy atom. The normalized spacial score (nSPS) is 13.4. The van der Waals surface area contributed by atoms with Crippen LogP contribution < -0.4 is 20.4 Å². The molecule has 40 heteroatoms. The van der Waals surface area contributed by atoms with Gasteiger partial charge in [-0.2, -0.15) is 76.4 Å². The van der Waals surface area contributed by atoms with Gasteiger partial charge in [-0.05, 0) is 22.1 Å². The molecule has 1 amide bonds. The number of halogens is 14. The highest BCUT2D eigenvalue weighted by Gasteiger charge is 2.77. The van der Waals surface area contributed by atoms with Gasteiger partial charge in [-0.1, -0.05) is 20.5 Å². The molecule has 1 aromatic rings. The average Bonchev–Trinajstić information content (AvgIpc) is 3.27. The minimum absolute atomic E-state index is 0.0435. The monoisotopic (exact) mass is 1050 g/mol. The Hall–Kier alpha value is -6.10.